The number of nitrogens with one attached hydrogen (secondary N) is 1. The van der Waals surface area contributed by atoms with Crippen LogP contribution in [0.3, 0.4) is 0 Å². The SMILES string of the molecule is CCC(C(=O)Nc1ccc(C(F)(F)F)cc1)N(c1ccc(C)cc1)S(C)(=O)=O. The molecule has 0 fully saturated rings. The highest BCUT2D eigenvalue weighted by Gasteiger charge is 2.32. The summed E-state index contributed by atoms with van der Waals surface area (Å²) in [5.74, 6) is -0.631. The van der Waals surface area contributed by atoms with E-state index in [1.807, 2.05) is 6.92 Å². The van der Waals surface area contributed by atoms with Gasteiger partial charge in [0.15, 0.2) is 0 Å². The summed E-state index contributed by atoms with van der Waals surface area (Å²) < 4.78 is 63.7. The van der Waals surface area contributed by atoms with Gasteiger partial charge in [-0.3, -0.25) is 9.10 Å². The monoisotopic (exact) mass is 414 g/mol. The van der Waals surface area contributed by atoms with Crippen molar-refractivity contribution in [3.63, 3.8) is 0 Å². The highest BCUT2D eigenvalue weighted by atomic mass is 32.2. The zero-order valence-corrected chi connectivity index (χ0v) is 16.4. The van der Waals surface area contributed by atoms with Gasteiger partial charge in [-0.1, -0.05) is 24.6 Å². The van der Waals surface area contributed by atoms with Crippen LogP contribution in [0.2, 0.25) is 0 Å². The van der Waals surface area contributed by atoms with Crippen molar-refractivity contribution in [2.24, 2.45) is 0 Å². The van der Waals surface area contributed by atoms with Crippen LogP contribution in [0, 0.1) is 6.92 Å². The van der Waals surface area contributed by atoms with Crippen LogP contribution in [0.25, 0.3) is 0 Å². The average molecular weight is 414 g/mol. The number of alkyl halides is 3. The number of hydrogen-bond acceptors (Lipinski definition) is 3. The highest BCUT2D eigenvalue weighted by Crippen LogP contribution is 2.30. The summed E-state index contributed by atoms with van der Waals surface area (Å²) in [6, 6.07) is 9.57. The second-order valence-corrected chi connectivity index (χ2v) is 8.24. The highest BCUT2D eigenvalue weighted by molar-refractivity contribution is 7.92. The molecule has 152 valence electrons. The Labute approximate surface area is 162 Å². The first-order valence-corrected chi connectivity index (χ1v) is 10.3. The van der Waals surface area contributed by atoms with E-state index < -0.39 is 33.7 Å². The fraction of sp³-hybridized carbons (Fsp3) is 0.316. The third-order valence-corrected chi connectivity index (χ3v) is 5.28. The largest absolute Gasteiger partial charge is 0.416 e. The summed E-state index contributed by atoms with van der Waals surface area (Å²) in [6.07, 6.45) is -3.30. The molecule has 0 bridgehead atoms. The van der Waals surface area contributed by atoms with Crippen molar-refractivity contribution in [1.82, 2.24) is 0 Å². The number of carbonyl (C=O) groups excluding carboxylic acids is 1. The van der Waals surface area contributed by atoms with Crippen LogP contribution in [0.5, 0.6) is 0 Å². The van der Waals surface area contributed by atoms with Gasteiger partial charge >= 0.3 is 6.18 Å². The van der Waals surface area contributed by atoms with E-state index >= 15 is 0 Å². The molecule has 0 saturated carbocycles. The van der Waals surface area contributed by atoms with Crippen LogP contribution in [0.15, 0.2) is 48.5 Å². The van der Waals surface area contributed by atoms with Gasteiger partial charge in [-0.2, -0.15) is 13.2 Å². The Hall–Kier alpha value is -2.55. The molecule has 2 rings (SSSR count). The molecule has 0 saturated heterocycles. The predicted molar refractivity (Wildman–Crippen MR) is 103 cm³/mol. The number of amides is 1. The van der Waals surface area contributed by atoms with Crippen molar-refractivity contribution in [2.45, 2.75) is 32.5 Å². The van der Waals surface area contributed by atoms with Gasteiger partial charge in [-0.15, -0.1) is 0 Å². The lowest BCUT2D eigenvalue weighted by Gasteiger charge is -2.30. The Morgan fingerprint density at radius 3 is 2.04 bits per heavy atom. The molecule has 9 heteroatoms. The maximum atomic E-state index is 12.7. The first-order chi connectivity index (χ1) is 12.9. The van der Waals surface area contributed by atoms with Gasteiger partial charge in [0.2, 0.25) is 15.9 Å². The third-order valence-electron chi connectivity index (χ3n) is 4.10. The van der Waals surface area contributed by atoms with Crippen molar-refractivity contribution in [2.75, 3.05) is 15.9 Å². The van der Waals surface area contributed by atoms with Crippen LogP contribution in [0.1, 0.15) is 24.5 Å². The molecule has 0 aliphatic carbocycles. The first-order valence-electron chi connectivity index (χ1n) is 8.47. The van der Waals surface area contributed by atoms with E-state index in [1.165, 1.54) is 0 Å². The zero-order chi connectivity index (χ0) is 21.1. The van der Waals surface area contributed by atoms with E-state index in [9.17, 15) is 26.4 Å². The summed E-state index contributed by atoms with van der Waals surface area (Å²) in [4.78, 5) is 12.7. The van der Waals surface area contributed by atoms with E-state index in [-0.39, 0.29) is 12.1 Å². The van der Waals surface area contributed by atoms with Crippen LogP contribution >= 0.6 is 0 Å². The number of carbonyl (C=O) groups is 1. The smallest absolute Gasteiger partial charge is 0.324 e. The van der Waals surface area contributed by atoms with Crippen LogP contribution in [0.4, 0.5) is 24.5 Å². The Morgan fingerprint density at radius 1 is 1.07 bits per heavy atom. The summed E-state index contributed by atoms with van der Waals surface area (Å²) >= 11 is 0. The third kappa shape index (κ3) is 5.25. The molecule has 5 nitrogen and oxygen atoms in total. The van der Waals surface area contributed by atoms with E-state index in [0.29, 0.717) is 5.69 Å². The van der Waals surface area contributed by atoms with Crippen molar-refractivity contribution in [3.05, 3.63) is 59.7 Å². The van der Waals surface area contributed by atoms with Gasteiger partial charge in [0.1, 0.15) is 6.04 Å². The minimum atomic E-state index is -4.48. The maximum Gasteiger partial charge on any atom is 0.416 e. The molecule has 2 aromatic rings. The van der Waals surface area contributed by atoms with Crippen LogP contribution in [-0.4, -0.2) is 26.6 Å². The maximum absolute atomic E-state index is 12.7. The van der Waals surface area contributed by atoms with Gasteiger partial charge < -0.3 is 5.32 Å². The normalized spacial score (nSPS) is 13.1. The molecule has 0 heterocycles. The van der Waals surface area contributed by atoms with Crippen molar-refractivity contribution < 1.29 is 26.4 Å². The van der Waals surface area contributed by atoms with E-state index in [4.69, 9.17) is 0 Å². The quantitative estimate of drug-likeness (QED) is 0.771. The second kappa shape index (κ2) is 8.22. The summed E-state index contributed by atoms with van der Waals surface area (Å²) in [6.45, 7) is 3.51. The Morgan fingerprint density at radius 2 is 1.61 bits per heavy atom. The number of rotatable bonds is 6. The summed E-state index contributed by atoms with van der Waals surface area (Å²) in [5, 5.41) is 2.49. The molecular formula is C19H21F3N2O3S. The predicted octanol–water partition coefficient (Wildman–Crippen LogP) is 4.20. The van der Waals surface area contributed by atoms with E-state index in [1.54, 1.807) is 31.2 Å². The average Bonchev–Trinajstić information content (AvgIpc) is 2.59. The van der Waals surface area contributed by atoms with Gasteiger partial charge in [0.05, 0.1) is 17.5 Å². The topological polar surface area (TPSA) is 66.5 Å². The second-order valence-electron chi connectivity index (χ2n) is 6.38. The minimum absolute atomic E-state index is 0.147. The molecule has 2 aromatic carbocycles. The number of hydrogen-bond donors (Lipinski definition) is 1. The van der Waals surface area contributed by atoms with Crippen molar-refractivity contribution in [1.29, 1.82) is 0 Å². The van der Waals surface area contributed by atoms with Gasteiger partial charge in [0.25, 0.3) is 0 Å². The number of aryl methyl sites for hydroxylation is 1. The van der Waals surface area contributed by atoms with E-state index in [0.717, 1.165) is 40.4 Å². The summed E-state index contributed by atoms with van der Waals surface area (Å²) in [5.41, 5.74) is 0.575. The number of sulfonamides is 1. The van der Waals surface area contributed by atoms with Gasteiger partial charge in [-0.25, -0.2) is 8.42 Å². The molecule has 28 heavy (non-hydrogen) atoms. The number of benzene rings is 2. The molecule has 1 N–H and O–H groups in total. The fourth-order valence-electron chi connectivity index (χ4n) is 2.72. The van der Waals surface area contributed by atoms with Crippen molar-refractivity contribution >= 4 is 27.3 Å². The zero-order valence-electron chi connectivity index (χ0n) is 15.6. The molecule has 1 amide bonds. The Bertz CT molecular complexity index is 924. The lowest BCUT2D eigenvalue weighted by atomic mass is 10.1. The molecule has 0 aromatic heterocycles. The van der Waals surface area contributed by atoms with Crippen LogP contribution in [-0.2, 0) is 21.0 Å². The number of halogens is 3. The number of anilines is 2. The minimum Gasteiger partial charge on any atom is -0.324 e. The molecular weight excluding hydrogens is 393 g/mol. The lowest BCUT2D eigenvalue weighted by molar-refractivity contribution is -0.137. The van der Waals surface area contributed by atoms with Crippen LogP contribution < -0.4 is 9.62 Å². The lowest BCUT2D eigenvalue weighted by Crippen LogP contribution is -2.47. The Kier molecular flexibility index (Phi) is 6.38. The van der Waals surface area contributed by atoms with Crippen molar-refractivity contribution in [3.8, 4) is 0 Å². The molecule has 0 radical (unpaired) electrons. The first kappa shape index (κ1) is 21.7. The van der Waals surface area contributed by atoms with E-state index in [2.05, 4.69) is 5.32 Å². The standard InChI is InChI=1S/C19H21F3N2O3S/c1-4-17(24(28(3,26)27)16-11-5-13(2)6-12-16)18(25)23-15-9-7-14(8-10-15)19(20,21)22/h5-12,17H,4H2,1-3H3,(H,23,25). The molecule has 1 atom stereocenters. The molecule has 0 spiro atoms. The van der Waals surface area contributed by atoms with Gasteiger partial charge in [0, 0.05) is 5.69 Å². The molecule has 1 unspecified atom stereocenters. The van der Waals surface area contributed by atoms with Gasteiger partial charge in [-0.05, 0) is 49.7 Å². The number of nitrogens with zero attached hydrogens (tertiary/aromatic N) is 1. The molecule has 0 aliphatic heterocycles. The molecule has 0 aliphatic rings. The fourth-order valence-corrected chi connectivity index (χ4v) is 3.93. The summed E-state index contributed by atoms with van der Waals surface area (Å²) in [7, 11) is -3.78. The Balaban J connectivity index is 2.30.